The second-order valence-electron chi connectivity index (χ2n) is 5.54. The zero-order valence-corrected chi connectivity index (χ0v) is 13.1. The summed E-state index contributed by atoms with van der Waals surface area (Å²) in [5, 5.41) is 3.38. The fraction of sp³-hybridized carbons (Fsp3) is 0.733. The number of hydrogen-bond acceptors (Lipinski definition) is 4. The van der Waals surface area contributed by atoms with Gasteiger partial charge in [0.2, 0.25) is 0 Å². The molecule has 0 fully saturated rings. The Bertz CT molecular complexity index is 360. The molecule has 1 aromatic heterocycles. The number of rotatable bonds is 9. The van der Waals surface area contributed by atoms with Crippen molar-refractivity contribution >= 4 is 0 Å². The summed E-state index contributed by atoms with van der Waals surface area (Å²) in [5.74, 6) is 2.14. The summed E-state index contributed by atoms with van der Waals surface area (Å²) in [6.07, 6.45) is 1.15. The summed E-state index contributed by atoms with van der Waals surface area (Å²) in [4.78, 5) is 4.49. The Balaban J connectivity index is 2.43. The monoisotopic (exact) mass is 267 g/mol. The Hall–Kier alpha value is -0.840. The lowest BCUT2D eigenvalue weighted by Gasteiger charge is -2.17. The van der Waals surface area contributed by atoms with Crippen LogP contribution in [0.3, 0.4) is 0 Å². The van der Waals surface area contributed by atoms with Crippen LogP contribution in [-0.2, 0) is 13.1 Å². The van der Waals surface area contributed by atoms with E-state index in [-0.39, 0.29) is 0 Å². The van der Waals surface area contributed by atoms with E-state index in [1.807, 2.05) is 0 Å². The highest BCUT2D eigenvalue weighted by Gasteiger charge is 2.09. The topological polar surface area (TPSA) is 31.7 Å². The van der Waals surface area contributed by atoms with Gasteiger partial charge in [-0.1, -0.05) is 6.92 Å². The maximum absolute atomic E-state index is 5.92. The lowest BCUT2D eigenvalue weighted by Crippen LogP contribution is -2.28. The fourth-order valence-electron chi connectivity index (χ4n) is 1.94. The third-order valence-electron chi connectivity index (χ3n) is 3.14. The second-order valence-corrected chi connectivity index (χ2v) is 5.54. The molecule has 110 valence electrons. The van der Waals surface area contributed by atoms with Crippen molar-refractivity contribution < 1.29 is 4.42 Å². The van der Waals surface area contributed by atoms with Crippen LogP contribution in [0.1, 0.15) is 30.4 Å². The normalized spacial score (nSPS) is 11.7. The van der Waals surface area contributed by atoms with Crippen molar-refractivity contribution in [3.63, 3.8) is 0 Å². The number of likely N-dealkylation sites (N-methyl/N-ethyl adjacent to an activating group) is 2. The summed E-state index contributed by atoms with van der Waals surface area (Å²) in [6.45, 7) is 9.17. The molecule has 0 spiro atoms. The van der Waals surface area contributed by atoms with Crippen LogP contribution in [0.25, 0.3) is 0 Å². The molecule has 0 aliphatic carbocycles. The molecule has 1 aromatic rings. The first-order valence-electron chi connectivity index (χ1n) is 7.15. The van der Waals surface area contributed by atoms with E-state index in [9.17, 15) is 0 Å². The van der Waals surface area contributed by atoms with E-state index in [0.29, 0.717) is 0 Å². The first-order valence-corrected chi connectivity index (χ1v) is 7.15. The summed E-state index contributed by atoms with van der Waals surface area (Å²) in [7, 11) is 6.33. The van der Waals surface area contributed by atoms with Crippen LogP contribution in [0.15, 0.2) is 10.5 Å². The largest absolute Gasteiger partial charge is 0.463 e. The van der Waals surface area contributed by atoms with Gasteiger partial charge in [-0.05, 0) is 52.7 Å². The zero-order chi connectivity index (χ0) is 14.3. The average Bonchev–Trinajstić information content (AvgIpc) is 2.67. The van der Waals surface area contributed by atoms with Gasteiger partial charge < -0.3 is 14.6 Å². The summed E-state index contributed by atoms with van der Waals surface area (Å²) >= 11 is 0. The minimum atomic E-state index is 0.834. The molecule has 0 aliphatic rings. The van der Waals surface area contributed by atoms with Crippen molar-refractivity contribution in [1.29, 1.82) is 0 Å². The molecule has 1 N–H and O–H groups in total. The molecule has 0 radical (unpaired) electrons. The van der Waals surface area contributed by atoms with Gasteiger partial charge in [0.1, 0.15) is 11.5 Å². The lowest BCUT2D eigenvalue weighted by molar-refractivity contribution is 0.255. The van der Waals surface area contributed by atoms with Crippen LogP contribution in [0.5, 0.6) is 0 Å². The van der Waals surface area contributed by atoms with E-state index in [0.717, 1.165) is 50.7 Å². The highest BCUT2D eigenvalue weighted by atomic mass is 16.3. The highest BCUT2D eigenvalue weighted by molar-refractivity contribution is 5.20. The van der Waals surface area contributed by atoms with Gasteiger partial charge in [-0.3, -0.25) is 4.90 Å². The summed E-state index contributed by atoms with van der Waals surface area (Å²) < 4.78 is 5.92. The van der Waals surface area contributed by atoms with Gasteiger partial charge >= 0.3 is 0 Å². The van der Waals surface area contributed by atoms with Crippen LogP contribution in [0.4, 0.5) is 0 Å². The second kappa shape index (κ2) is 8.35. The first-order chi connectivity index (χ1) is 9.02. The Kier molecular flexibility index (Phi) is 7.13. The number of hydrogen-bond donors (Lipinski definition) is 1. The number of aryl methyl sites for hydroxylation is 1. The molecule has 0 aliphatic heterocycles. The summed E-state index contributed by atoms with van der Waals surface area (Å²) in [5.41, 5.74) is 1.25. The molecule has 4 nitrogen and oxygen atoms in total. The smallest absolute Gasteiger partial charge is 0.120 e. The Labute approximate surface area is 117 Å². The molecule has 1 heterocycles. The molecule has 1 rings (SSSR count). The first kappa shape index (κ1) is 16.2. The van der Waals surface area contributed by atoms with Crippen molar-refractivity contribution in [3.8, 4) is 0 Å². The van der Waals surface area contributed by atoms with Gasteiger partial charge in [0, 0.05) is 13.1 Å². The van der Waals surface area contributed by atoms with Crippen LogP contribution in [-0.4, -0.2) is 50.6 Å². The quantitative estimate of drug-likeness (QED) is 0.694. The maximum atomic E-state index is 5.92. The molecule has 4 heteroatoms. The van der Waals surface area contributed by atoms with E-state index in [1.165, 1.54) is 5.56 Å². The van der Waals surface area contributed by atoms with Crippen molar-refractivity contribution in [2.75, 3.05) is 40.8 Å². The SMILES string of the molecule is CCCNCc1oc(CN(C)CCN(C)C)cc1C. The maximum Gasteiger partial charge on any atom is 0.120 e. The molecule has 0 bridgehead atoms. The predicted octanol–water partition coefficient (Wildman–Crippen LogP) is 2.08. The molecule has 19 heavy (non-hydrogen) atoms. The van der Waals surface area contributed by atoms with E-state index in [2.05, 4.69) is 56.2 Å². The van der Waals surface area contributed by atoms with Gasteiger partial charge in [-0.25, -0.2) is 0 Å². The minimum absolute atomic E-state index is 0.834. The van der Waals surface area contributed by atoms with Crippen molar-refractivity contribution in [2.24, 2.45) is 0 Å². The number of nitrogens with one attached hydrogen (secondary N) is 1. The van der Waals surface area contributed by atoms with Gasteiger partial charge in [-0.15, -0.1) is 0 Å². The molecule has 0 atom stereocenters. The Morgan fingerprint density at radius 2 is 1.95 bits per heavy atom. The van der Waals surface area contributed by atoms with Crippen LogP contribution >= 0.6 is 0 Å². The molecule has 0 aromatic carbocycles. The minimum Gasteiger partial charge on any atom is -0.463 e. The van der Waals surface area contributed by atoms with Gasteiger partial charge in [0.15, 0.2) is 0 Å². The number of nitrogens with zero attached hydrogens (tertiary/aromatic N) is 2. The van der Waals surface area contributed by atoms with Gasteiger partial charge in [0.25, 0.3) is 0 Å². The van der Waals surface area contributed by atoms with Crippen LogP contribution in [0, 0.1) is 6.92 Å². The predicted molar refractivity (Wildman–Crippen MR) is 80.3 cm³/mol. The molecule has 0 saturated heterocycles. The Morgan fingerprint density at radius 1 is 1.21 bits per heavy atom. The van der Waals surface area contributed by atoms with Crippen molar-refractivity contribution in [3.05, 3.63) is 23.2 Å². The molecule has 0 saturated carbocycles. The van der Waals surface area contributed by atoms with E-state index in [1.54, 1.807) is 0 Å². The van der Waals surface area contributed by atoms with E-state index < -0.39 is 0 Å². The zero-order valence-electron chi connectivity index (χ0n) is 13.1. The Morgan fingerprint density at radius 3 is 2.58 bits per heavy atom. The van der Waals surface area contributed by atoms with Crippen LogP contribution < -0.4 is 5.32 Å². The molecule has 0 unspecified atom stereocenters. The highest BCUT2D eigenvalue weighted by Crippen LogP contribution is 2.15. The third-order valence-corrected chi connectivity index (χ3v) is 3.14. The number of furan rings is 1. The van der Waals surface area contributed by atoms with Gasteiger partial charge in [0.05, 0.1) is 13.1 Å². The standard InChI is InChI=1S/C15H29N3O/c1-6-7-16-11-15-13(2)10-14(19-15)12-18(5)9-8-17(3)4/h10,16H,6-9,11-12H2,1-5H3. The van der Waals surface area contributed by atoms with E-state index >= 15 is 0 Å². The molecular formula is C15H29N3O. The third kappa shape index (κ3) is 6.23. The fourth-order valence-corrected chi connectivity index (χ4v) is 1.94. The van der Waals surface area contributed by atoms with Gasteiger partial charge in [-0.2, -0.15) is 0 Å². The molecule has 0 amide bonds. The van der Waals surface area contributed by atoms with Crippen molar-refractivity contribution in [2.45, 2.75) is 33.4 Å². The van der Waals surface area contributed by atoms with Crippen molar-refractivity contribution in [1.82, 2.24) is 15.1 Å². The lowest BCUT2D eigenvalue weighted by atomic mass is 10.2. The molecular weight excluding hydrogens is 238 g/mol. The summed E-state index contributed by atoms with van der Waals surface area (Å²) in [6, 6.07) is 2.16. The average molecular weight is 267 g/mol. The van der Waals surface area contributed by atoms with E-state index in [4.69, 9.17) is 4.42 Å². The van der Waals surface area contributed by atoms with Crippen LogP contribution in [0.2, 0.25) is 0 Å².